The summed E-state index contributed by atoms with van der Waals surface area (Å²) in [5.74, 6) is 0.207. The van der Waals surface area contributed by atoms with Crippen molar-refractivity contribution in [2.24, 2.45) is 0 Å². The van der Waals surface area contributed by atoms with Crippen LogP contribution in [0, 0.1) is 0 Å². The Morgan fingerprint density at radius 1 is 1.06 bits per heavy atom. The lowest BCUT2D eigenvalue weighted by Gasteiger charge is -2.36. The molecule has 2 amide bonds. The molecule has 33 heavy (non-hydrogen) atoms. The number of rotatable bonds is 7. The van der Waals surface area contributed by atoms with E-state index in [4.69, 9.17) is 0 Å². The van der Waals surface area contributed by atoms with Crippen LogP contribution in [-0.2, 0) is 17.8 Å². The van der Waals surface area contributed by atoms with E-state index in [0.717, 1.165) is 70.1 Å². The molecule has 0 aliphatic carbocycles. The Hall–Kier alpha value is -3.16. The number of likely N-dealkylation sites (tertiary alicyclic amines) is 2. The van der Waals surface area contributed by atoms with Gasteiger partial charge in [-0.15, -0.1) is 5.10 Å². The number of benzene rings is 1. The monoisotopic (exact) mass is 448 g/mol. The van der Waals surface area contributed by atoms with Gasteiger partial charge in [0.25, 0.3) is 5.91 Å². The lowest BCUT2D eigenvalue weighted by atomic mass is 9.98. The molecule has 2 aliphatic rings. The molecule has 2 aliphatic heterocycles. The largest absolute Gasteiger partial charge is 0.361 e. The molecule has 1 aromatic carbocycles. The highest BCUT2D eigenvalue weighted by Crippen LogP contribution is 2.23. The average Bonchev–Trinajstić information content (AvgIpc) is 3.62. The molecule has 1 N–H and O–H groups in total. The van der Waals surface area contributed by atoms with Crippen LogP contribution in [0.25, 0.3) is 10.9 Å². The maximum absolute atomic E-state index is 13.1. The second-order valence-electron chi connectivity index (χ2n) is 9.25. The van der Waals surface area contributed by atoms with Crippen molar-refractivity contribution in [2.75, 3.05) is 19.6 Å². The van der Waals surface area contributed by atoms with Gasteiger partial charge in [-0.3, -0.25) is 14.3 Å². The zero-order valence-electron chi connectivity index (χ0n) is 19.1. The van der Waals surface area contributed by atoms with Crippen molar-refractivity contribution in [2.45, 2.75) is 64.0 Å². The highest BCUT2D eigenvalue weighted by atomic mass is 16.2. The number of carbonyl (C=O) groups is 2. The molecule has 2 aromatic heterocycles. The van der Waals surface area contributed by atoms with Crippen molar-refractivity contribution >= 4 is 22.7 Å². The molecule has 1 unspecified atom stereocenters. The van der Waals surface area contributed by atoms with E-state index >= 15 is 0 Å². The number of amides is 2. The zero-order chi connectivity index (χ0) is 22.6. The van der Waals surface area contributed by atoms with E-state index in [9.17, 15) is 9.59 Å². The molecule has 3 aromatic rings. The van der Waals surface area contributed by atoms with Gasteiger partial charge < -0.3 is 14.8 Å². The number of hydrogen-bond acceptors (Lipinski definition) is 4. The van der Waals surface area contributed by atoms with Crippen LogP contribution in [-0.4, -0.2) is 67.3 Å². The molecule has 8 heteroatoms. The third-order valence-electron chi connectivity index (χ3n) is 7.07. The van der Waals surface area contributed by atoms with Gasteiger partial charge in [-0.2, -0.15) is 0 Å². The fourth-order valence-electron chi connectivity index (χ4n) is 5.22. The molecule has 1 atom stereocenters. The summed E-state index contributed by atoms with van der Waals surface area (Å²) >= 11 is 0. The van der Waals surface area contributed by atoms with Gasteiger partial charge in [0.05, 0.1) is 6.20 Å². The Bertz CT molecular complexity index is 1110. The molecule has 0 spiro atoms. The smallest absolute Gasteiger partial charge is 0.276 e. The summed E-state index contributed by atoms with van der Waals surface area (Å²) in [5.41, 5.74) is 2.74. The molecular weight excluding hydrogens is 416 g/mol. The quantitative estimate of drug-likeness (QED) is 0.600. The van der Waals surface area contributed by atoms with Gasteiger partial charge >= 0.3 is 0 Å². The summed E-state index contributed by atoms with van der Waals surface area (Å²) in [7, 11) is 0. The molecule has 2 fully saturated rings. The lowest BCUT2D eigenvalue weighted by Crippen LogP contribution is -2.44. The Kier molecular flexibility index (Phi) is 6.41. The maximum atomic E-state index is 13.1. The number of para-hydroxylation sites is 1. The second kappa shape index (κ2) is 9.77. The van der Waals surface area contributed by atoms with E-state index in [1.165, 1.54) is 10.9 Å². The number of hydrogen-bond donors (Lipinski definition) is 1. The van der Waals surface area contributed by atoms with Crippen LogP contribution in [0.5, 0.6) is 0 Å². The molecule has 0 saturated carbocycles. The first-order chi connectivity index (χ1) is 16.2. The first kappa shape index (κ1) is 21.7. The van der Waals surface area contributed by atoms with Gasteiger partial charge in [-0.05, 0) is 56.6 Å². The van der Waals surface area contributed by atoms with Gasteiger partial charge in [0.2, 0.25) is 5.91 Å². The number of nitrogens with zero attached hydrogens (tertiary/aromatic N) is 5. The topological polar surface area (TPSA) is 87.1 Å². The number of piperidine rings is 1. The van der Waals surface area contributed by atoms with Gasteiger partial charge in [0, 0.05) is 55.7 Å². The number of nitrogens with one attached hydrogen (secondary N) is 1. The third kappa shape index (κ3) is 4.79. The second-order valence-corrected chi connectivity index (χ2v) is 9.25. The van der Waals surface area contributed by atoms with Crippen molar-refractivity contribution in [3.05, 3.63) is 47.9 Å². The summed E-state index contributed by atoms with van der Waals surface area (Å²) in [5, 5.41) is 9.47. The Labute approximate surface area is 193 Å². The van der Waals surface area contributed by atoms with Crippen LogP contribution in [0.3, 0.4) is 0 Å². The number of aromatic nitrogens is 4. The lowest BCUT2D eigenvalue weighted by molar-refractivity contribution is -0.135. The van der Waals surface area contributed by atoms with E-state index in [-0.39, 0.29) is 17.9 Å². The summed E-state index contributed by atoms with van der Waals surface area (Å²) in [4.78, 5) is 32.9. The van der Waals surface area contributed by atoms with Crippen LogP contribution in [0.1, 0.15) is 61.0 Å². The number of fused-ring (bicyclic) bond motifs is 1. The van der Waals surface area contributed by atoms with Crippen molar-refractivity contribution in [3.8, 4) is 0 Å². The molecule has 174 valence electrons. The first-order valence-corrected chi connectivity index (χ1v) is 12.2. The number of H-pyrrole nitrogens is 1. The molecule has 2 saturated heterocycles. The number of aromatic amines is 1. The minimum absolute atomic E-state index is 0.0227. The third-order valence-corrected chi connectivity index (χ3v) is 7.07. The fraction of sp³-hybridized carbons (Fsp3) is 0.520. The van der Waals surface area contributed by atoms with Crippen molar-refractivity contribution in [3.63, 3.8) is 0 Å². The van der Waals surface area contributed by atoms with Crippen molar-refractivity contribution in [1.82, 2.24) is 29.8 Å². The first-order valence-electron chi connectivity index (χ1n) is 12.2. The predicted molar refractivity (Wildman–Crippen MR) is 126 cm³/mol. The Morgan fingerprint density at radius 3 is 2.76 bits per heavy atom. The van der Waals surface area contributed by atoms with Gasteiger partial charge in [-0.1, -0.05) is 23.4 Å². The van der Waals surface area contributed by atoms with Gasteiger partial charge in [-0.25, -0.2) is 0 Å². The normalized spacial score (nSPS) is 18.8. The maximum Gasteiger partial charge on any atom is 0.276 e. The van der Waals surface area contributed by atoms with E-state index in [1.54, 1.807) is 10.9 Å². The summed E-state index contributed by atoms with van der Waals surface area (Å²) in [6, 6.07) is 8.45. The Balaban J connectivity index is 1.17. The van der Waals surface area contributed by atoms with Crippen molar-refractivity contribution < 1.29 is 9.59 Å². The molecular formula is C25H32N6O2. The molecule has 8 nitrogen and oxygen atoms in total. The summed E-state index contributed by atoms with van der Waals surface area (Å²) in [6.45, 7) is 3.11. The average molecular weight is 449 g/mol. The highest BCUT2D eigenvalue weighted by molar-refractivity contribution is 5.92. The Morgan fingerprint density at radius 2 is 1.88 bits per heavy atom. The SMILES string of the molecule is O=C(c1cn(CCC2CCCCN2C(=O)CCc2c[nH]c3ccccc23)nn1)N1CCCC1. The van der Waals surface area contributed by atoms with Crippen LogP contribution in [0.4, 0.5) is 0 Å². The summed E-state index contributed by atoms with van der Waals surface area (Å²) in [6.07, 6.45) is 11.2. The molecule has 0 radical (unpaired) electrons. The molecule has 0 bridgehead atoms. The minimum Gasteiger partial charge on any atom is -0.361 e. The molecule has 5 rings (SSSR count). The minimum atomic E-state index is -0.0227. The van der Waals surface area contributed by atoms with Crippen molar-refractivity contribution in [1.29, 1.82) is 0 Å². The predicted octanol–water partition coefficient (Wildman–Crippen LogP) is 3.40. The van der Waals surface area contributed by atoms with E-state index in [0.29, 0.717) is 18.7 Å². The van der Waals surface area contributed by atoms with Gasteiger partial charge in [0.15, 0.2) is 5.69 Å². The number of aryl methyl sites for hydroxylation is 2. The van der Waals surface area contributed by atoms with E-state index in [1.807, 2.05) is 23.2 Å². The van der Waals surface area contributed by atoms with Crippen LogP contribution >= 0.6 is 0 Å². The van der Waals surface area contributed by atoms with Crippen LogP contribution in [0.15, 0.2) is 36.7 Å². The van der Waals surface area contributed by atoms with Gasteiger partial charge in [0.1, 0.15) is 0 Å². The fourth-order valence-corrected chi connectivity index (χ4v) is 5.22. The number of carbonyl (C=O) groups excluding carboxylic acids is 2. The van der Waals surface area contributed by atoms with E-state index in [2.05, 4.69) is 32.3 Å². The summed E-state index contributed by atoms with van der Waals surface area (Å²) < 4.78 is 1.76. The standard InChI is InChI=1S/C25H32N6O2/c32-24(11-10-19-17-26-22-9-2-1-8-21(19)22)31-15-4-3-7-20(31)12-16-30-18-23(27-28-30)25(33)29-13-5-6-14-29/h1-2,8-9,17-18,20,26H,3-7,10-16H2. The zero-order valence-corrected chi connectivity index (χ0v) is 19.1. The molecule has 4 heterocycles. The van der Waals surface area contributed by atoms with Crippen LogP contribution in [0.2, 0.25) is 0 Å². The highest BCUT2D eigenvalue weighted by Gasteiger charge is 2.27. The van der Waals surface area contributed by atoms with E-state index < -0.39 is 0 Å². The van der Waals surface area contributed by atoms with Crippen LogP contribution < -0.4 is 0 Å².